The van der Waals surface area contributed by atoms with Gasteiger partial charge in [0.25, 0.3) is 0 Å². The molecule has 0 spiro atoms. The van der Waals surface area contributed by atoms with Crippen molar-refractivity contribution >= 4 is 23.1 Å². The highest BCUT2D eigenvalue weighted by molar-refractivity contribution is 6.30. The minimum atomic E-state index is -0.379. The zero-order chi connectivity index (χ0) is 17.1. The molecule has 2 heterocycles. The lowest BCUT2D eigenvalue weighted by atomic mass is 9.89. The number of allylic oxidation sites excluding steroid dienone is 1. The summed E-state index contributed by atoms with van der Waals surface area (Å²) < 4.78 is 5.53. The molecule has 2 saturated heterocycles. The second-order valence-corrected chi connectivity index (χ2v) is 7.11. The van der Waals surface area contributed by atoms with Crippen LogP contribution in [0.15, 0.2) is 30.3 Å². The van der Waals surface area contributed by atoms with Crippen molar-refractivity contribution in [1.82, 2.24) is 4.90 Å². The topological polar surface area (TPSA) is 49.8 Å². The van der Waals surface area contributed by atoms with Crippen LogP contribution in [0.25, 0.3) is 5.57 Å². The van der Waals surface area contributed by atoms with E-state index in [1.807, 2.05) is 36.1 Å². The largest absolute Gasteiger partial charge is 0.393 e. The van der Waals surface area contributed by atoms with E-state index in [0.29, 0.717) is 24.7 Å². The van der Waals surface area contributed by atoms with Gasteiger partial charge in [0, 0.05) is 36.2 Å². The second kappa shape index (κ2) is 7.68. The summed E-state index contributed by atoms with van der Waals surface area (Å²) in [5.74, 6) is 0.0258. The molecule has 3 atom stereocenters. The molecule has 2 aliphatic rings. The molecule has 1 N–H and O–H groups in total. The Morgan fingerprint density at radius 1 is 1.42 bits per heavy atom. The van der Waals surface area contributed by atoms with Crippen LogP contribution in [0.3, 0.4) is 0 Å². The highest BCUT2D eigenvalue weighted by Gasteiger charge is 2.39. The summed E-state index contributed by atoms with van der Waals surface area (Å²) in [7, 11) is 0. The summed E-state index contributed by atoms with van der Waals surface area (Å²) in [6.45, 7) is 3.80. The highest BCUT2D eigenvalue weighted by Crippen LogP contribution is 2.30. The number of aliphatic hydroxyl groups is 1. The molecule has 130 valence electrons. The van der Waals surface area contributed by atoms with Gasteiger partial charge in [0.15, 0.2) is 0 Å². The first-order valence-corrected chi connectivity index (χ1v) is 8.94. The third-order valence-corrected chi connectivity index (χ3v) is 5.29. The molecule has 24 heavy (non-hydrogen) atoms. The zero-order valence-electron chi connectivity index (χ0n) is 14.0. The summed E-state index contributed by atoms with van der Waals surface area (Å²) >= 11 is 6.03. The molecular weight excluding hydrogens is 326 g/mol. The van der Waals surface area contributed by atoms with E-state index in [1.54, 1.807) is 6.08 Å². The van der Waals surface area contributed by atoms with Crippen LogP contribution in [-0.2, 0) is 9.53 Å². The normalized spacial score (nSPS) is 28.2. The van der Waals surface area contributed by atoms with E-state index < -0.39 is 0 Å². The number of hydrogen-bond acceptors (Lipinski definition) is 3. The minimum absolute atomic E-state index is 0.00717. The monoisotopic (exact) mass is 349 g/mol. The molecule has 0 aromatic heterocycles. The maximum atomic E-state index is 12.8. The van der Waals surface area contributed by atoms with Crippen LogP contribution in [0.4, 0.5) is 0 Å². The van der Waals surface area contributed by atoms with Gasteiger partial charge in [-0.2, -0.15) is 0 Å². The Balaban J connectivity index is 1.74. The van der Waals surface area contributed by atoms with E-state index in [9.17, 15) is 9.90 Å². The van der Waals surface area contributed by atoms with E-state index in [0.717, 1.165) is 30.5 Å². The standard InChI is InChI=1S/C19H24ClNO3/c1-13(14-4-2-5-15(20)11-14)10-19(23)21-8-3-6-17(21)16-12-24-9-7-18(16)22/h2,4-5,10-11,16-18,22H,3,6-9,12H2,1H3/b13-10+. The van der Waals surface area contributed by atoms with Gasteiger partial charge in [-0.05, 0) is 49.5 Å². The summed E-state index contributed by atoms with van der Waals surface area (Å²) in [4.78, 5) is 14.7. The third-order valence-electron chi connectivity index (χ3n) is 5.06. The quantitative estimate of drug-likeness (QED) is 0.853. The number of aliphatic hydroxyl groups excluding tert-OH is 1. The van der Waals surface area contributed by atoms with Crippen molar-refractivity contribution in [1.29, 1.82) is 0 Å². The van der Waals surface area contributed by atoms with Crippen LogP contribution in [0.1, 0.15) is 31.7 Å². The van der Waals surface area contributed by atoms with Gasteiger partial charge in [-0.1, -0.05) is 23.7 Å². The maximum absolute atomic E-state index is 12.8. The van der Waals surface area contributed by atoms with Crippen LogP contribution in [0.2, 0.25) is 5.02 Å². The number of likely N-dealkylation sites (tertiary alicyclic amines) is 1. The molecular formula is C19H24ClNO3. The number of rotatable bonds is 3. The van der Waals surface area contributed by atoms with Crippen LogP contribution in [-0.4, -0.2) is 47.8 Å². The smallest absolute Gasteiger partial charge is 0.247 e. The van der Waals surface area contributed by atoms with Crippen LogP contribution in [0.5, 0.6) is 0 Å². The number of benzene rings is 1. The van der Waals surface area contributed by atoms with Gasteiger partial charge in [-0.3, -0.25) is 4.79 Å². The van der Waals surface area contributed by atoms with E-state index in [1.165, 1.54) is 0 Å². The molecule has 0 bridgehead atoms. The average Bonchev–Trinajstić information content (AvgIpc) is 3.04. The van der Waals surface area contributed by atoms with Crippen molar-refractivity contribution in [3.8, 4) is 0 Å². The summed E-state index contributed by atoms with van der Waals surface area (Å²) in [6.07, 6.45) is 3.86. The lowest BCUT2D eigenvalue weighted by Gasteiger charge is -2.36. The van der Waals surface area contributed by atoms with Gasteiger partial charge < -0.3 is 14.7 Å². The van der Waals surface area contributed by atoms with E-state index in [-0.39, 0.29) is 24.0 Å². The molecule has 1 aromatic carbocycles. The van der Waals surface area contributed by atoms with Crippen molar-refractivity contribution in [3.63, 3.8) is 0 Å². The van der Waals surface area contributed by atoms with Gasteiger partial charge in [-0.25, -0.2) is 0 Å². The van der Waals surface area contributed by atoms with Crippen molar-refractivity contribution in [2.45, 2.75) is 38.3 Å². The molecule has 0 aliphatic carbocycles. The molecule has 0 saturated carbocycles. The van der Waals surface area contributed by atoms with Crippen LogP contribution in [0, 0.1) is 5.92 Å². The SMILES string of the molecule is C/C(=C\C(=O)N1CCCC1C1COCCC1O)c1cccc(Cl)c1. The Kier molecular flexibility index (Phi) is 5.59. The molecule has 2 fully saturated rings. The number of carbonyl (C=O) groups excluding carboxylic acids is 1. The Morgan fingerprint density at radius 2 is 2.25 bits per heavy atom. The number of halogens is 1. The fourth-order valence-corrected chi connectivity index (χ4v) is 3.90. The van der Waals surface area contributed by atoms with Crippen LogP contribution >= 0.6 is 11.6 Å². The lowest BCUT2D eigenvalue weighted by molar-refractivity contribution is -0.131. The molecule has 5 heteroatoms. The Bertz CT molecular complexity index is 631. The van der Waals surface area contributed by atoms with Crippen molar-refractivity contribution in [2.24, 2.45) is 5.92 Å². The number of amides is 1. The van der Waals surface area contributed by atoms with Crippen molar-refractivity contribution in [2.75, 3.05) is 19.8 Å². The predicted molar refractivity (Wildman–Crippen MR) is 94.8 cm³/mol. The fraction of sp³-hybridized carbons (Fsp3) is 0.526. The molecule has 1 aromatic rings. The van der Waals surface area contributed by atoms with Gasteiger partial charge >= 0.3 is 0 Å². The Morgan fingerprint density at radius 3 is 3.00 bits per heavy atom. The predicted octanol–water partition coefficient (Wildman–Crippen LogP) is 3.13. The molecule has 0 radical (unpaired) electrons. The van der Waals surface area contributed by atoms with Gasteiger partial charge in [0.1, 0.15) is 0 Å². The molecule has 4 nitrogen and oxygen atoms in total. The lowest BCUT2D eigenvalue weighted by Crippen LogP contribution is -2.47. The average molecular weight is 350 g/mol. The van der Waals surface area contributed by atoms with Gasteiger partial charge in [0.05, 0.1) is 12.7 Å². The van der Waals surface area contributed by atoms with E-state index >= 15 is 0 Å². The highest BCUT2D eigenvalue weighted by atomic mass is 35.5. The summed E-state index contributed by atoms with van der Waals surface area (Å²) in [5.41, 5.74) is 1.85. The molecule has 3 unspecified atom stereocenters. The summed E-state index contributed by atoms with van der Waals surface area (Å²) in [6, 6.07) is 7.58. The molecule has 1 amide bonds. The third kappa shape index (κ3) is 3.82. The number of nitrogens with zero attached hydrogens (tertiary/aromatic N) is 1. The van der Waals surface area contributed by atoms with Crippen molar-refractivity contribution < 1.29 is 14.6 Å². The van der Waals surface area contributed by atoms with E-state index in [2.05, 4.69) is 0 Å². The Hall–Kier alpha value is -1.36. The number of ether oxygens (including phenoxy) is 1. The van der Waals surface area contributed by atoms with Crippen LogP contribution < -0.4 is 0 Å². The van der Waals surface area contributed by atoms with Gasteiger partial charge in [0.2, 0.25) is 5.91 Å². The summed E-state index contributed by atoms with van der Waals surface area (Å²) in [5, 5.41) is 10.9. The van der Waals surface area contributed by atoms with Crippen molar-refractivity contribution in [3.05, 3.63) is 40.9 Å². The first kappa shape index (κ1) is 17.5. The zero-order valence-corrected chi connectivity index (χ0v) is 14.7. The first-order chi connectivity index (χ1) is 11.6. The van der Waals surface area contributed by atoms with E-state index in [4.69, 9.17) is 16.3 Å². The Labute approximate surface area is 148 Å². The second-order valence-electron chi connectivity index (χ2n) is 6.67. The fourth-order valence-electron chi connectivity index (χ4n) is 3.71. The number of hydrogen-bond donors (Lipinski definition) is 1. The molecule has 3 rings (SSSR count). The van der Waals surface area contributed by atoms with Gasteiger partial charge in [-0.15, -0.1) is 0 Å². The maximum Gasteiger partial charge on any atom is 0.247 e. The number of carbonyl (C=O) groups is 1. The molecule has 2 aliphatic heterocycles. The first-order valence-electron chi connectivity index (χ1n) is 8.57. The minimum Gasteiger partial charge on any atom is -0.393 e.